The van der Waals surface area contributed by atoms with Crippen molar-refractivity contribution in [2.24, 2.45) is 0 Å². The molecular formula is C12H17N3O2. The van der Waals surface area contributed by atoms with Crippen LogP contribution in [0.5, 0.6) is 0 Å². The largest absolute Gasteiger partial charge is 0.465 e. The summed E-state index contributed by atoms with van der Waals surface area (Å²) < 4.78 is 4.78. The van der Waals surface area contributed by atoms with Crippen LogP contribution < -0.4 is 10.2 Å². The summed E-state index contributed by atoms with van der Waals surface area (Å²) in [5.74, 6) is 0.382. The average Bonchev–Trinajstić information content (AvgIpc) is 2.32. The summed E-state index contributed by atoms with van der Waals surface area (Å²) in [6.45, 7) is 4.76. The number of rotatable bonds is 4. The Morgan fingerprint density at radius 2 is 2.41 bits per heavy atom. The minimum absolute atomic E-state index is 0.334. The molecule has 0 spiro atoms. The second-order valence-corrected chi connectivity index (χ2v) is 3.96. The maximum absolute atomic E-state index is 11.7. The SMILES string of the molecule is CCN(c1ncccc1C(=O)OC)C1CNC1. The zero-order valence-electron chi connectivity index (χ0n) is 10.1. The fourth-order valence-electron chi connectivity index (χ4n) is 1.97. The zero-order chi connectivity index (χ0) is 12.3. The summed E-state index contributed by atoms with van der Waals surface area (Å²) in [7, 11) is 1.39. The number of carbonyl (C=O) groups is 1. The second kappa shape index (κ2) is 5.14. The van der Waals surface area contributed by atoms with Crippen LogP contribution in [-0.4, -0.2) is 43.7 Å². The quantitative estimate of drug-likeness (QED) is 0.777. The molecular weight excluding hydrogens is 218 g/mol. The lowest BCUT2D eigenvalue weighted by Crippen LogP contribution is -2.57. The molecule has 5 heteroatoms. The predicted molar refractivity (Wildman–Crippen MR) is 65.3 cm³/mol. The van der Waals surface area contributed by atoms with Crippen LogP contribution in [0.15, 0.2) is 18.3 Å². The van der Waals surface area contributed by atoms with Crippen molar-refractivity contribution in [1.29, 1.82) is 0 Å². The first-order chi connectivity index (χ1) is 8.27. The van der Waals surface area contributed by atoms with Gasteiger partial charge in [0.05, 0.1) is 13.2 Å². The van der Waals surface area contributed by atoms with Crippen LogP contribution in [-0.2, 0) is 4.74 Å². The fraction of sp³-hybridized carbons (Fsp3) is 0.500. The summed E-state index contributed by atoms with van der Waals surface area (Å²) in [4.78, 5) is 18.1. The van der Waals surface area contributed by atoms with E-state index in [0.29, 0.717) is 17.4 Å². The fourth-order valence-corrected chi connectivity index (χ4v) is 1.97. The Balaban J connectivity index is 2.31. The number of aromatic nitrogens is 1. The highest BCUT2D eigenvalue weighted by Crippen LogP contribution is 2.21. The lowest BCUT2D eigenvalue weighted by molar-refractivity contribution is 0.0601. The minimum atomic E-state index is -0.334. The molecule has 1 N–H and O–H groups in total. The molecule has 0 aliphatic carbocycles. The van der Waals surface area contributed by atoms with Gasteiger partial charge < -0.3 is 15.0 Å². The zero-order valence-corrected chi connectivity index (χ0v) is 10.1. The third kappa shape index (κ3) is 2.24. The van der Waals surface area contributed by atoms with Crippen molar-refractivity contribution < 1.29 is 9.53 Å². The van der Waals surface area contributed by atoms with Gasteiger partial charge in [0.15, 0.2) is 0 Å². The van der Waals surface area contributed by atoms with E-state index in [0.717, 1.165) is 19.6 Å². The topological polar surface area (TPSA) is 54.5 Å². The van der Waals surface area contributed by atoms with Crippen molar-refractivity contribution in [1.82, 2.24) is 10.3 Å². The summed E-state index contributed by atoms with van der Waals surface area (Å²) in [6.07, 6.45) is 1.70. The van der Waals surface area contributed by atoms with Crippen LogP contribution >= 0.6 is 0 Å². The van der Waals surface area contributed by atoms with Gasteiger partial charge in [0, 0.05) is 25.8 Å². The summed E-state index contributed by atoms with van der Waals surface area (Å²) in [5, 5.41) is 3.22. The molecule has 2 heterocycles. The molecule has 92 valence electrons. The lowest BCUT2D eigenvalue weighted by atomic mass is 10.1. The molecule has 0 atom stereocenters. The number of esters is 1. The smallest absolute Gasteiger partial charge is 0.341 e. The van der Waals surface area contributed by atoms with Crippen LogP contribution in [0.3, 0.4) is 0 Å². The molecule has 17 heavy (non-hydrogen) atoms. The molecule has 2 rings (SSSR count). The number of nitrogens with one attached hydrogen (secondary N) is 1. The number of anilines is 1. The molecule has 1 aliphatic rings. The molecule has 1 fully saturated rings. The Kier molecular flexibility index (Phi) is 3.58. The number of hydrogen-bond donors (Lipinski definition) is 1. The van der Waals surface area contributed by atoms with Gasteiger partial charge >= 0.3 is 5.97 Å². The van der Waals surface area contributed by atoms with E-state index in [1.807, 2.05) is 0 Å². The normalized spacial score (nSPS) is 15.2. The van der Waals surface area contributed by atoms with Crippen LogP contribution in [0, 0.1) is 0 Å². The molecule has 0 bridgehead atoms. The van der Waals surface area contributed by atoms with Crippen LogP contribution in [0.4, 0.5) is 5.82 Å². The summed E-state index contributed by atoms with van der Waals surface area (Å²) in [5.41, 5.74) is 0.531. The molecule has 0 aromatic carbocycles. The molecule has 5 nitrogen and oxygen atoms in total. The van der Waals surface area contributed by atoms with Gasteiger partial charge in [-0.3, -0.25) is 0 Å². The van der Waals surface area contributed by atoms with Gasteiger partial charge in [0.1, 0.15) is 11.4 Å². The molecule has 1 saturated heterocycles. The highest BCUT2D eigenvalue weighted by Gasteiger charge is 2.27. The van der Waals surface area contributed by atoms with Gasteiger partial charge in [-0.1, -0.05) is 0 Å². The molecule has 0 amide bonds. The summed E-state index contributed by atoms with van der Waals surface area (Å²) in [6, 6.07) is 3.92. The number of ether oxygens (including phenoxy) is 1. The number of carbonyl (C=O) groups excluding carboxylic acids is 1. The van der Waals surface area contributed by atoms with Crippen LogP contribution in [0.25, 0.3) is 0 Å². The molecule has 0 unspecified atom stereocenters. The van der Waals surface area contributed by atoms with E-state index in [2.05, 4.69) is 22.1 Å². The number of likely N-dealkylation sites (N-methyl/N-ethyl adjacent to an activating group) is 1. The van der Waals surface area contributed by atoms with E-state index in [1.165, 1.54) is 7.11 Å². The lowest BCUT2D eigenvalue weighted by Gasteiger charge is -2.38. The van der Waals surface area contributed by atoms with E-state index in [4.69, 9.17) is 4.74 Å². The van der Waals surface area contributed by atoms with Gasteiger partial charge in [-0.15, -0.1) is 0 Å². The van der Waals surface area contributed by atoms with Crippen molar-refractivity contribution in [2.45, 2.75) is 13.0 Å². The Hall–Kier alpha value is -1.62. The van der Waals surface area contributed by atoms with Gasteiger partial charge in [-0.05, 0) is 19.1 Å². The molecule has 1 aromatic heterocycles. The highest BCUT2D eigenvalue weighted by molar-refractivity contribution is 5.94. The first-order valence-electron chi connectivity index (χ1n) is 5.78. The van der Waals surface area contributed by atoms with E-state index >= 15 is 0 Å². The molecule has 0 radical (unpaired) electrons. The number of hydrogen-bond acceptors (Lipinski definition) is 5. The van der Waals surface area contributed by atoms with Gasteiger partial charge in [0.2, 0.25) is 0 Å². The third-order valence-electron chi connectivity index (χ3n) is 3.01. The van der Waals surface area contributed by atoms with Gasteiger partial charge in [-0.25, -0.2) is 9.78 Å². The minimum Gasteiger partial charge on any atom is -0.465 e. The highest BCUT2D eigenvalue weighted by atomic mass is 16.5. The Morgan fingerprint density at radius 1 is 1.65 bits per heavy atom. The molecule has 1 aromatic rings. The monoisotopic (exact) mass is 235 g/mol. The Bertz CT molecular complexity index is 404. The Morgan fingerprint density at radius 3 is 2.94 bits per heavy atom. The maximum Gasteiger partial charge on any atom is 0.341 e. The molecule has 0 saturated carbocycles. The van der Waals surface area contributed by atoms with E-state index in [1.54, 1.807) is 18.3 Å². The van der Waals surface area contributed by atoms with Gasteiger partial charge in [0.25, 0.3) is 0 Å². The standard InChI is InChI=1S/C12H17N3O2/c1-3-15(9-7-13-8-9)11-10(12(16)17-2)5-4-6-14-11/h4-6,9,13H,3,7-8H2,1-2H3. The van der Waals surface area contributed by atoms with Gasteiger partial charge in [-0.2, -0.15) is 0 Å². The van der Waals surface area contributed by atoms with Crippen molar-refractivity contribution in [3.05, 3.63) is 23.9 Å². The van der Waals surface area contributed by atoms with Crippen LogP contribution in [0.2, 0.25) is 0 Å². The predicted octanol–water partition coefficient (Wildman–Crippen LogP) is 0.666. The van der Waals surface area contributed by atoms with E-state index < -0.39 is 0 Å². The van der Waals surface area contributed by atoms with E-state index in [-0.39, 0.29) is 5.97 Å². The summed E-state index contributed by atoms with van der Waals surface area (Å²) >= 11 is 0. The van der Waals surface area contributed by atoms with Crippen molar-refractivity contribution >= 4 is 11.8 Å². The Labute approximate surface area is 101 Å². The maximum atomic E-state index is 11.7. The number of nitrogens with zero attached hydrogens (tertiary/aromatic N) is 2. The molecule has 1 aliphatic heterocycles. The third-order valence-corrected chi connectivity index (χ3v) is 3.01. The second-order valence-electron chi connectivity index (χ2n) is 3.96. The van der Waals surface area contributed by atoms with E-state index in [9.17, 15) is 4.79 Å². The number of pyridine rings is 1. The van der Waals surface area contributed by atoms with Crippen molar-refractivity contribution in [3.8, 4) is 0 Å². The van der Waals surface area contributed by atoms with Crippen LogP contribution in [0.1, 0.15) is 17.3 Å². The first kappa shape index (κ1) is 11.9. The van der Waals surface area contributed by atoms with Crippen molar-refractivity contribution in [3.63, 3.8) is 0 Å². The van der Waals surface area contributed by atoms with Crippen molar-refractivity contribution in [2.75, 3.05) is 31.6 Å². The number of methoxy groups -OCH3 is 1. The average molecular weight is 235 g/mol. The first-order valence-corrected chi connectivity index (χ1v) is 5.78.